The maximum Gasteiger partial charge on any atom is 0.308 e. The molecule has 0 aromatic heterocycles. The van der Waals surface area contributed by atoms with Gasteiger partial charge in [0.25, 0.3) is 0 Å². The summed E-state index contributed by atoms with van der Waals surface area (Å²) in [5.41, 5.74) is 0. The Hall–Kier alpha value is -1.63. The molecule has 1 N–H and O–H groups in total. The molecule has 296 valence electrons. The summed E-state index contributed by atoms with van der Waals surface area (Å²) < 4.78 is 11.7. The number of nitrogens with zero attached hydrogens (tertiary/aromatic N) is 1. The number of amides is 1. The van der Waals surface area contributed by atoms with E-state index in [9.17, 15) is 14.4 Å². The van der Waals surface area contributed by atoms with Gasteiger partial charge in [0, 0.05) is 12.5 Å². The van der Waals surface area contributed by atoms with Crippen LogP contribution in [0.15, 0.2) is 0 Å². The molecule has 0 aromatic rings. The summed E-state index contributed by atoms with van der Waals surface area (Å²) in [6, 6.07) is 0. The Morgan fingerprint density at radius 2 is 0.840 bits per heavy atom. The van der Waals surface area contributed by atoms with Crippen LogP contribution in [0.3, 0.4) is 0 Å². The second kappa shape index (κ2) is 35.8. The number of rotatable bonds is 37. The van der Waals surface area contributed by atoms with Gasteiger partial charge in [0.1, 0.15) is 13.2 Å². The number of hydrogen-bond acceptors (Lipinski definition) is 6. The summed E-state index contributed by atoms with van der Waals surface area (Å²) >= 11 is 0. The highest BCUT2D eigenvalue weighted by molar-refractivity contribution is 5.79. The Morgan fingerprint density at radius 3 is 1.20 bits per heavy atom. The van der Waals surface area contributed by atoms with Crippen LogP contribution in [0.25, 0.3) is 0 Å². The van der Waals surface area contributed by atoms with Gasteiger partial charge in [-0.1, -0.05) is 170 Å². The molecule has 0 fully saturated rings. The summed E-state index contributed by atoms with van der Waals surface area (Å²) in [6.07, 6.45) is 28.2. The van der Waals surface area contributed by atoms with E-state index >= 15 is 0 Å². The third-order valence-electron chi connectivity index (χ3n) is 10.1. The first-order chi connectivity index (χ1) is 24.4. The van der Waals surface area contributed by atoms with Gasteiger partial charge in [-0.05, 0) is 38.6 Å². The summed E-state index contributed by atoms with van der Waals surface area (Å²) in [7, 11) is 0. The Morgan fingerprint density at radius 1 is 0.500 bits per heavy atom. The lowest BCUT2D eigenvalue weighted by molar-refractivity contribution is -0.153. The van der Waals surface area contributed by atoms with E-state index in [1.165, 1.54) is 89.9 Å². The molecule has 3 atom stereocenters. The molecule has 0 spiro atoms. The fourth-order valence-electron chi connectivity index (χ4n) is 6.71. The highest BCUT2D eigenvalue weighted by Crippen LogP contribution is 2.22. The lowest BCUT2D eigenvalue weighted by Crippen LogP contribution is -2.43. The molecule has 0 radical (unpaired) electrons. The number of hydrogen-bond donors (Lipinski definition) is 1. The van der Waals surface area contributed by atoms with Crippen LogP contribution in [0.4, 0.5) is 0 Å². The van der Waals surface area contributed by atoms with Gasteiger partial charge in [-0.3, -0.25) is 14.4 Å². The van der Waals surface area contributed by atoms with Crippen molar-refractivity contribution >= 4 is 17.8 Å². The number of carbonyl (C=O) groups is 3. The molecule has 1 amide bonds. The lowest BCUT2D eigenvalue weighted by atomic mass is 9.94. The van der Waals surface area contributed by atoms with Gasteiger partial charge in [-0.15, -0.1) is 0 Å². The van der Waals surface area contributed by atoms with Gasteiger partial charge >= 0.3 is 11.9 Å². The number of ether oxygens (including phenoxy) is 2. The standard InChI is InChI=1S/C43H84N2O5/c1-7-12-16-20-22-26-30-39(28-24-18-14-9-3)42(47)49-35-33-45(41(46)38(6)37-44-32-11-5)34-36-50-43(48)40(29-25-19-15-10-4)31-27-23-21-17-13-8-2/h38-40,44H,7-37H2,1-6H3. The number of nitrogens with one attached hydrogen (secondary N) is 1. The minimum atomic E-state index is -0.217. The maximum atomic E-state index is 13.6. The molecule has 0 aliphatic rings. The summed E-state index contributed by atoms with van der Waals surface area (Å²) in [5.74, 6) is -0.584. The predicted octanol–water partition coefficient (Wildman–Crippen LogP) is 11.2. The van der Waals surface area contributed by atoms with Crippen molar-refractivity contribution in [2.24, 2.45) is 17.8 Å². The third kappa shape index (κ3) is 27.1. The largest absolute Gasteiger partial charge is 0.464 e. The number of esters is 2. The van der Waals surface area contributed by atoms with Gasteiger partial charge in [-0.2, -0.15) is 0 Å². The molecule has 0 aliphatic carbocycles. The van der Waals surface area contributed by atoms with E-state index in [4.69, 9.17) is 9.47 Å². The van der Waals surface area contributed by atoms with Crippen LogP contribution >= 0.6 is 0 Å². The van der Waals surface area contributed by atoms with Crippen LogP contribution < -0.4 is 5.32 Å². The zero-order valence-electron chi connectivity index (χ0n) is 34.1. The predicted molar refractivity (Wildman–Crippen MR) is 211 cm³/mol. The highest BCUT2D eigenvalue weighted by Gasteiger charge is 2.24. The van der Waals surface area contributed by atoms with E-state index in [0.717, 1.165) is 77.2 Å². The van der Waals surface area contributed by atoms with Crippen molar-refractivity contribution in [3.63, 3.8) is 0 Å². The average molecular weight is 709 g/mol. The molecule has 0 rings (SSSR count). The lowest BCUT2D eigenvalue weighted by Gasteiger charge is -2.27. The molecular weight excluding hydrogens is 624 g/mol. The van der Waals surface area contributed by atoms with Crippen LogP contribution in [0.5, 0.6) is 0 Å². The molecule has 0 aromatic carbocycles. The van der Waals surface area contributed by atoms with E-state index in [1.54, 1.807) is 4.90 Å². The van der Waals surface area contributed by atoms with Crippen LogP contribution in [0, 0.1) is 17.8 Å². The highest BCUT2D eigenvalue weighted by atomic mass is 16.5. The van der Waals surface area contributed by atoms with E-state index in [1.807, 2.05) is 6.92 Å². The molecule has 0 aliphatic heterocycles. The number of carbonyl (C=O) groups excluding carboxylic acids is 3. The zero-order chi connectivity index (χ0) is 37.1. The van der Waals surface area contributed by atoms with Gasteiger partial charge in [-0.25, -0.2) is 0 Å². The normalized spacial score (nSPS) is 13.2. The second-order valence-corrected chi connectivity index (χ2v) is 15.0. The SMILES string of the molecule is CCCCCCCCC(CCCCCC)C(=O)OCCN(CCOC(=O)C(CCCCCC)CCCCCCCC)C(=O)C(C)CNCCC. The second-order valence-electron chi connectivity index (χ2n) is 15.0. The van der Waals surface area contributed by atoms with Crippen LogP contribution in [-0.4, -0.2) is 62.1 Å². The Kier molecular flexibility index (Phi) is 34.6. The van der Waals surface area contributed by atoms with Crippen molar-refractivity contribution < 1.29 is 23.9 Å². The van der Waals surface area contributed by atoms with Crippen LogP contribution in [-0.2, 0) is 23.9 Å². The minimum Gasteiger partial charge on any atom is -0.464 e. The quantitative estimate of drug-likeness (QED) is 0.0511. The Balaban J connectivity index is 5.27. The zero-order valence-corrected chi connectivity index (χ0v) is 34.1. The Labute approximate surface area is 310 Å². The monoisotopic (exact) mass is 709 g/mol. The summed E-state index contributed by atoms with van der Waals surface area (Å²) in [4.78, 5) is 41.9. The maximum absolute atomic E-state index is 13.6. The average Bonchev–Trinajstić information content (AvgIpc) is 3.11. The summed E-state index contributed by atoms with van der Waals surface area (Å²) in [5, 5.41) is 3.36. The first kappa shape index (κ1) is 48.4. The fraction of sp³-hybridized carbons (Fsp3) is 0.930. The molecular formula is C43H84N2O5. The fourth-order valence-corrected chi connectivity index (χ4v) is 6.71. The van der Waals surface area contributed by atoms with E-state index in [2.05, 4.69) is 39.9 Å². The van der Waals surface area contributed by atoms with E-state index in [-0.39, 0.29) is 48.8 Å². The molecule has 7 heteroatoms. The van der Waals surface area contributed by atoms with Crippen LogP contribution in [0.1, 0.15) is 202 Å². The van der Waals surface area contributed by atoms with Crippen molar-refractivity contribution in [2.45, 2.75) is 202 Å². The van der Waals surface area contributed by atoms with E-state index in [0.29, 0.717) is 19.6 Å². The first-order valence-corrected chi connectivity index (χ1v) is 21.7. The molecule has 3 unspecified atom stereocenters. The molecule has 0 heterocycles. The van der Waals surface area contributed by atoms with Crippen molar-refractivity contribution in [2.75, 3.05) is 39.4 Å². The van der Waals surface area contributed by atoms with Crippen molar-refractivity contribution in [3.05, 3.63) is 0 Å². The topological polar surface area (TPSA) is 84.9 Å². The van der Waals surface area contributed by atoms with Crippen LogP contribution in [0.2, 0.25) is 0 Å². The number of unbranched alkanes of at least 4 members (excludes halogenated alkanes) is 16. The third-order valence-corrected chi connectivity index (χ3v) is 10.1. The van der Waals surface area contributed by atoms with Crippen molar-refractivity contribution in [1.82, 2.24) is 10.2 Å². The smallest absolute Gasteiger partial charge is 0.308 e. The molecule has 0 saturated carbocycles. The first-order valence-electron chi connectivity index (χ1n) is 21.7. The van der Waals surface area contributed by atoms with Gasteiger partial charge in [0.05, 0.1) is 24.9 Å². The molecule has 0 saturated heterocycles. The molecule has 0 bridgehead atoms. The minimum absolute atomic E-state index is 0.00657. The van der Waals surface area contributed by atoms with Crippen molar-refractivity contribution in [3.8, 4) is 0 Å². The molecule has 50 heavy (non-hydrogen) atoms. The Bertz CT molecular complexity index is 741. The summed E-state index contributed by atoms with van der Waals surface area (Å²) in [6.45, 7) is 15.4. The van der Waals surface area contributed by atoms with Crippen molar-refractivity contribution in [1.29, 1.82) is 0 Å². The van der Waals surface area contributed by atoms with Gasteiger partial charge in [0.15, 0.2) is 0 Å². The van der Waals surface area contributed by atoms with E-state index < -0.39 is 0 Å². The van der Waals surface area contributed by atoms with Gasteiger partial charge in [0.2, 0.25) is 5.91 Å². The van der Waals surface area contributed by atoms with Gasteiger partial charge < -0.3 is 19.7 Å². The molecule has 7 nitrogen and oxygen atoms in total.